The maximum atomic E-state index is 2.20. The zero-order valence-corrected chi connectivity index (χ0v) is 12.9. The van der Waals surface area contributed by atoms with Gasteiger partial charge >= 0.3 is 0 Å². The fraction of sp³-hybridized carbons (Fsp3) is 0.368. The highest BCUT2D eigenvalue weighted by Crippen LogP contribution is 2.00. The highest BCUT2D eigenvalue weighted by Gasteiger charge is 1.84. The first kappa shape index (κ1) is 17.4. The monoisotopic (exact) mass is 256 g/mol. The third-order valence-corrected chi connectivity index (χ3v) is 2.63. The lowest BCUT2D eigenvalue weighted by Gasteiger charge is -1.93. The maximum absolute atomic E-state index is 2.20. The Bertz CT molecular complexity index is 375. The van der Waals surface area contributed by atoms with E-state index in [1.165, 1.54) is 24.0 Å². The molecule has 0 amide bonds. The minimum atomic E-state index is 1.14. The van der Waals surface area contributed by atoms with E-state index in [2.05, 4.69) is 68.4 Å². The van der Waals surface area contributed by atoms with Gasteiger partial charge in [-0.3, -0.25) is 0 Å². The molecule has 2 aromatic rings. The largest absolute Gasteiger partial charge is 0.0683 e. The molecular weight excluding hydrogens is 228 g/mol. The zero-order chi connectivity index (χ0) is 14.3. The second-order valence-corrected chi connectivity index (χ2v) is 4.07. The Labute approximate surface area is 119 Å². The molecule has 0 radical (unpaired) electrons. The van der Waals surface area contributed by atoms with Crippen molar-refractivity contribution in [2.24, 2.45) is 0 Å². The van der Waals surface area contributed by atoms with E-state index in [-0.39, 0.29) is 0 Å². The molecule has 0 saturated heterocycles. The van der Waals surface area contributed by atoms with Crippen molar-refractivity contribution < 1.29 is 0 Å². The van der Waals surface area contributed by atoms with Crippen LogP contribution in [-0.4, -0.2) is 0 Å². The molecule has 0 nitrogen and oxygen atoms in total. The summed E-state index contributed by atoms with van der Waals surface area (Å²) in [5.74, 6) is 0. The summed E-state index contributed by atoms with van der Waals surface area (Å²) in [6.07, 6.45) is 3.59. The summed E-state index contributed by atoms with van der Waals surface area (Å²) >= 11 is 0. The predicted molar refractivity (Wildman–Crippen MR) is 87.6 cm³/mol. The van der Waals surface area contributed by atoms with Crippen LogP contribution in [0.25, 0.3) is 0 Å². The second-order valence-electron chi connectivity index (χ2n) is 4.07. The van der Waals surface area contributed by atoms with Crippen LogP contribution in [0.3, 0.4) is 0 Å². The zero-order valence-electron chi connectivity index (χ0n) is 12.9. The van der Waals surface area contributed by atoms with Crippen molar-refractivity contribution in [2.75, 3.05) is 0 Å². The Morgan fingerprint density at radius 3 is 1.37 bits per heavy atom. The van der Waals surface area contributed by atoms with Crippen LogP contribution in [0, 0.1) is 0 Å². The topological polar surface area (TPSA) is 0 Å². The Morgan fingerprint density at radius 2 is 1.05 bits per heavy atom. The molecule has 0 atom stereocenters. The molecule has 19 heavy (non-hydrogen) atoms. The van der Waals surface area contributed by atoms with Crippen molar-refractivity contribution in [3.8, 4) is 0 Å². The van der Waals surface area contributed by atoms with Gasteiger partial charge in [0.2, 0.25) is 0 Å². The Hall–Kier alpha value is -1.56. The first-order valence-electron chi connectivity index (χ1n) is 7.44. The minimum Gasteiger partial charge on any atom is -0.0683 e. The van der Waals surface area contributed by atoms with Crippen LogP contribution in [0.15, 0.2) is 60.7 Å². The summed E-state index contributed by atoms with van der Waals surface area (Å²) in [7, 11) is 0. The molecule has 104 valence electrons. The van der Waals surface area contributed by atoms with Crippen molar-refractivity contribution in [1.29, 1.82) is 0 Å². The first-order valence-corrected chi connectivity index (χ1v) is 7.44. The van der Waals surface area contributed by atoms with Crippen LogP contribution in [-0.2, 0) is 12.8 Å². The van der Waals surface area contributed by atoms with Gasteiger partial charge in [-0.15, -0.1) is 0 Å². The number of benzene rings is 2. The van der Waals surface area contributed by atoms with E-state index in [0.717, 1.165) is 6.42 Å². The van der Waals surface area contributed by atoms with E-state index in [0.29, 0.717) is 0 Å². The van der Waals surface area contributed by atoms with Crippen molar-refractivity contribution >= 4 is 0 Å². The Morgan fingerprint density at radius 1 is 0.632 bits per heavy atom. The molecule has 0 heteroatoms. The van der Waals surface area contributed by atoms with E-state index in [1.807, 2.05) is 19.9 Å². The third kappa shape index (κ3) is 9.07. The van der Waals surface area contributed by atoms with E-state index in [1.54, 1.807) is 0 Å². The Balaban J connectivity index is 0.000000303. The molecule has 0 N–H and O–H groups in total. The molecule has 2 rings (SSSR count). The van der Waals surface area contributed by atoms with Crippen LogP contribution in [0.4, 0.5) is 0 Å². The van der Waals surface area contributed by atoms with Gasteiger partial charge in [-0.05, 0) is 24.0 Å². The smallest absolute Gasteiger partial charge is 0.0281 e. The minimum absolute atomic E-state index is 1.14. The lowest BCUT2D eigenvalue weighted by molar-refractivity contribution is 0.922. The molecule has 0 aliphatic carbocycles. The van der Waals surface area contributed by atoms with Gasteiger partial charge in [0.25, 0.3) is 0 Å². The fourth-order valence-corrected chi connectivity index (χ4v) is 1.65. The van der Waals surface area contributed by atoms with Crippen LogP contribution < -0.4 is 0 Å². The number of aryl methyl sites for hydroxylation is 2. The number of hydrogen-bond donors (Lipinski definition) is 0. The second kappa shape index (κ2) is 12.9. The van der Waals surface area contributed by atoms with Crippen LogP contribution >= 0.6 is 0 Å². The van der Waals surface area contributed by atoms with Crippen molar-refractivity contribution in [3.63, 3.8) is 0 Å². The SMILES string of the molecule is CC.CCCc1ccccc1.CCc1ccccc1. The average molecular weight is 256 g/mol. The van der Waals surface area contributed by atoms with Gasteiger partial charge in [0.15, 0.2) is 0 Å². The lowest BCUT2D eigenvalue weighted by Crippen LogP contribution is -1.78. The van der Waals surface area contributed by atoms with Crippen molar-refractivity contribution in [1.82, 2.24) is 0 Å². The van der Waals surface area contributed by atoms with Crippen LogP contribution in [0.2, 0.25) is 0 Å². The summed E-state index contributed by atoms with van der Waals surface area (Å²) in [4.78, 5) is 0. The van der Waals surface area contributed by atoms with E-state index in [9.17, 15) is 0 Å². The molecule has 0 spiro atoms. The van der Waals surface area contributed by atoms with Gasteiger partial charge in [0, 0.05) is 0 Å². The van der Waals surface area contributed by atoms with Gasteiger partial charge in [-0.2, -0.15) is 0 Å². The molecule has 0 heterocycles. The predicted octanol–water partition coefficient (Wildman–Crippen LogP) is 5.91. The summed E-state index contributed by atoms with van der Waals surface area (Å²) in [6, 6.07) is 21.0. The molecule has 0 aliphatic rings. The lowest BCUT2D eigenvalue weighted by atomic mass is 10.1. The molecule has 0 aliphatic heterocycles. The van der Waals surface area contributed by atoms with Crippen molar-refractivity contribution in [2.45, 2.75) is 47.0 Å². The quantitative estimate of drug-likeness (QED) is 0.640. The fourth-order valence-electron chi connectivity index (χ4n) is 1.65. The average Bonchev–Trinajstić information content (AvgIpc) is 2.52. The van der Waals surface area contributed by atoms with Gasteiger partial charge in [0.1, 0.15) is 0 Å². The third-order valence-electron chi connectivity index (χ3n) is 2.63. The number of rotatable bonds is 3. The van der Waals surface area contributed by atoms with Crippen molar-refractivity contribution in [3.05, 3.63) is 71.8 Å². The number of hydrogen-bond acceptors (Lipinski definition) is 0. The Kier molecular flexibility index (Phi) is 11.8. The van der Waals surface area contributed by atoms with E-state index >= 15 is 0 Å². The van der Waals surface area contributed by atoms with E-state index in [4.69, 9.17) is 0 Å². The normalized spacial score (nSPS) is 8.63. The van der Waals surface area contributed by atoms with Gasteiger partial charge in [-0.1, -0.05) is 94.8 Å². The van der Waals surface area contributed by atoms with Gasteiger partial charge in [0.05, 0.1) is 0 Å². The standard InChI is InChI=1S/C9H12.C8H10.C2H6/c1-2-6-9-7-4-3-5-8-9;1-2-8-6-4-3-5-7-8;1-2/h3-5,7-8H,2,6H2,1H3;3-7H,2H2,1H3;1-2H3. The highest BCUT2D eigenvalue weighted by molar-refractivity contribution is 5.14. The molecule has 2 aromatic carbocycles. The molecule has 0 bridgehead atoms. The van der Waals surface area contributed by atoms with Crippen LogP contribution in [0.1, 0.15) is 45.2 Å². The summed E-state index contributed by atoms with van der Waals surface area (Å²) in [5.41, 5.74) is 2.85. The summed E-state index contributed by atoms with van der Waals surface area (Å²) in [5, 5.41) is 0. The first-order chi connectivity index (χ1) is 9.36. The summed E-state index contributed by atoms with van der Waals surface area (Å²) < 4.78 is 0. The molecule has 0 saturated carbocycles. The molecule has 0 fully saturated rings. The molecule has 0 unspecified atom stereocenters. The maximum Gasteiger partial charge on any atom is -0.0281 e. The highest BCUT2D eigenvalue weighted by atomic mass is 13.9. The molecule has 0 aromatic heterocycles. The van der Waals surface area contributed by atoms with Crippen LogP contribution in [0.5, 0.6) is 0 Å². The summed E-state index contributed by atoms with van der Waals surface area (Å²) in [6.45, 7) is 8.36. The van der Waals surface area contributed by atoms with Gasteiger partial charge in [-0.25, -0.2) is 0 Å². The molecular formula is C19H28. The van der Waals surface area contributed by atoms with E-state index < -0.39 is 0 Å². The van der Waals surface area contributed by atoms with Gasteiger partial charge < -0.3 is 0 Å².